The maximum absolute atomic E-state index is 14.1. The molecule has 1 aliphatic rings. The fraction of sp³-hybridized carbons (Fsp3) is 0.188. The summed E-state index contributed by atoms with van der Waals surface area (Å²) in [4.78, 5) is 31.4. The molecule has 0 saturated heterocycles. The standard InChI is InChI=1S/C32H30ClN3O2/c1-23-27(33)15-10-16-28(23)34-31(37)19-26-22-35(20-24-11-4-2-5-12-24)29-17-8-9-18-30(29)36(32(26)38)21-25-13-6-3-7-14-25/h2-18,26H,19-22H2,1H3,(H,34,37). The van der Waals surface area contributed by atoms with E-state index < -0.39 is 5.92 Å². The van der Waals surface area contributed by atoms with Crippen LogP contribution in [0.15, 0.2) is 103 Å². The van der Waals surface area contributed by atoms with Crippen LogP contribution in [0.25, 0.3) is 0 Å². The van der Waals surface area contributed by atoms with Gasteiger partial charge in [0.1, 0.15) is 0 Å². The fourth-order valence-corrected chi connectivity index (χ4v) is 5.12. The van der Waals surface area contributed by atoms with Gasteiger partial charge in [-0.05, 0) is 47.9 Å². The lowest BCUT2D eigenvalue weighted by atomic mass is 10.0. The first kappa shape index (κ1) is 25.6. The molecule has 6 heteroatoms. The molecule has 5 rings (SSSR count). The normalized spacial score (nSPS) is 15.1. The van der Waals surface area contributed by atoms with Crippen molar-refractivity contribution in [2.45, 2.75) is 26.4 Å². The van der Waals surface area contributed by atoms with Gasteiger partial charge >= 0.3 is 0 Å². The molecule has 0 spiro atoms. The van der Waals surface area contributed by atoms with Crippen LogP contribution in [0.1, 0.15) is 23.1 Å². The van der Waals surface area contributed by atoms with Crippen molar-refractivity contribution in [2.75, 3.05) is 21.7 Å². The molecule has 0 fully saturated rings. The number of anilines is 3. The third-order valence-electron chi connectivity index (χ3n) is 6.94. The van der Waals surface area contributed by atoms with Gasteiger partial charge in [0.2, 0.25) is 11.8 Å². The summed E-state index contributed by atoms with van der Waals surface area (Å²) >= 11 is 6.26. The smallest absolute Gasteiger partial charge is 0.232 e. The first-order chi connectivity index (χ1) is 18.5. The summed E-state index contributed by atoms with van der Waals surface area (Å²) < 4.78 is 0. The number of carbonyl (C=O) groups is 2. The second kappa shape index (κ2) is 11.5. The highest BCUT2D eigenvalue weighted by Gasteiger charge is 2.35. The number of halogens is 1. The van der Waals surface area contributed by atoms with Crippen LogP contribution in [0.3, 0.4) is 0 Å². The SMILES string of the molecule is Cc1c(Cl)cccc1NC(=O)CC1CN(Cc2ccccc2)c2ccccc2N(Cc2ccccc2)C1=O. The Balaban J connectivity index is 1.48. The van der Waals surface area contributed by atoms with Crippen molar-refractivity contribution in [3.63, 3.8) is 0 Å². The number of nitrogens with one attached hydrogen (secondary N) is 1. The van der Waals surface area contributed by atoms with Crippen LogP contribution in [-0.4, -0.2) is 18.4 Å². The maximum atomic E-state index is 14.1. The van der Waals surface area contributed by atoms with E-state index in [2.05, 4.69) is 28.4 Å². The summed E-state index contributed by atoms with van der Waals surface area (Å²) in [6.45, 7) is 3.36. The summed E-state index contributed by atoms with van der Waals surface area (Å²) in [5, 5.41) is 3.57. The number of benzene rings is 4. The summed E-state index contributed by atoms with van der Waals surface area (Å²) in [6.07, 6.45) is 0.0648. The lowest BCUT2D eigenvalue weighted by molar-refractivity contribution is -0.126. The van der Waals surface area contributed by atoms with Crippen molar-refractivity contribution in [2.24, 2.45) is 5.92 Å². The molecule has 38 heavy (non-hydrogen) atoms. The van der Waals surface area contributed by atoms with E-state index >= 15 is 0 Å². The lowest BCUT2D eigenvalue weighted by Crippen LogP contribution is -2.39. The van der Waals surface area contributed by atoms with Gasteiger partial charge in [-0.15, -0.1) is 0 Å². The van der Waals surface area contributed by atoms with Gasteiger partial charge in [0.25, 0.3) is 0 Å². The molecule has 1 atom stereocenters. The van der Waals surface area contributed by atoms with E-state index in [9.17, 15) is 9.59 Å². The number of para-hydroxylation sites is 2. The number of carbonyl (C=O) groups excluding carboxylic acids is 2. The van der Waals surface area contributed by atoms with Crippen molar-refractivity contribution < 1.29 is 9.59 Å². The molecular formula is C32H30ClN3O2. The highest BCUT2D eigenvalue weighted by atomic mass is 35.5. The van der Waals surface area contributed by atoms with Crippen molar-refractivity contribution in [3.8, 4) is 0 Å². The Kier molecular flexibility index (Phi) is 7.75. The van der Waals surface area contributed by atoms with Gasteiger partial charge in [-0.25, -0.2) is 0 Å². The Bertz CT molecular complexity index is 1430. The van der Waals surface area contributed by atoms with E-state index in [1.807, 2.05) is 90.7 Å². The highest BCUT2D eigenvalue weighted by Crippen LogP contribution is 2.37. The highest BCUT2D eigenvalue weighted by molar-refractivity contribution is 6.31. The third-order valence-corrected chi connectivity index (χ3v) is 7.35. The molecule has 0 bridgehead atoms. The molecule has 1 aliphatic heterocycles. The maximum Gasteiger partial charge on any atom is 0.232 e. The van der Waals surface area contributed by atoms with E-state index in [4.69, 9.17) is 11.6 Å². The number of fused-ring (bicyclic) bond motifs is 1. The van der Waals surface area contributed by atoms with E-state index in [1.54, 1.807) is 6.07 Å². The molecule has 4 aromatic carbocycles. The van der Waals surface area contributed by atoms with Crippen LogP contribution >= 0.6 is 11.6 Å². The van der Waals surface area contributed by atoms with Gasteiger partial charge in [0.05, 0.1) is 23.8 Å². The van der Waals surface area contributed by atoms with Crippen molar-refractivity contribution in [1.82, 2.24) is 0 Å². The second-order valence-corrected chi connectivity index (χ2v) is 10.0. The van der Waals surface area contributed by atoms with Gasteiger partial charge in [0, 0.05) is 30.2 Å². The number of amides is 2. The van der Waals surface area contributed by atoms with Gasteiger partial charge in [-0.1, -0.05) is 90.5 Å². The largest absolute Gasteiger partial charge is 0.365 e. The lowest BCUT2D eigenvalue weighted by Gasteiger charge is -2.27. The first-order valence-electron chi connectivity index (χ1n) is 12.8. The minimum absolute atomic E-state index is 0.0603. The third kappa shape index (κ3) is 5.74. The summed E-state index contributed by atoms with van der Waals surface area (Å²) in [5.74, 6) is -0.803. The van der Waals surface area contributed by atoms with E-state index in [0.29, 0.717) is 30.3 Å². The number of hydrogen-bond acceptors (Lipinski definition) is 3. The molecule has 2 amide bonds. The van der Waals surface area contributed by atoms with Crippen LogP contribution in [0.2, 0.25) is 5.02 Å². The van der Waals surface area contributed by atoms with Gasteiger partial charge in [-0.2, -0.15) is 0 Å². The Labute approximate surface area is 228 Å². The second-order valence-electron chi connectivity index (χ2n) is 9.63. The Morgan fingerprint density at radius 2 is 1.42 bits per heavy atom. The van der Waals surface area contributed by atoms with Crippen LogP contribution in [0.4, 0.5) is 17.1 Å². The number of hydrogen-bond donors (Lipinski definition) is 1. The molecule has 1 heterocycles. The quantitative estimate of drug-likeness (QED) is 0.288. The molecule has 0 saturated carbocycles. The Hall–Kier alpha value is -4.09. The monoisotopic (exact) mass is 523 g/mol. The predicted octanol–water partition coefficient (Wildman–Crippen LogP) is 6.85. The summed E-state index contributed by atoms with van der Waals surface area (Å²) in [7, 11) is 0. The molecule has 1 unspecified atom stereocenters. The Morgan fingerprint density at radius 1 is 0.816 bits per heavy atom. The van der Waals surface area contributed by atoms with E-state index in [1.165, 1.54) is 0 Å². The van der Waals surface area contributed by atoms with Crippen LogP contribution in [0.5, 0.6) is 0 Å². The van der Waals surface area contributed by atoms with E-state index in [-0.39, 0.29) is 18.2 Å². The Morgan fingerprint density at radius 3 is 2.11 bits per heavy atom. The van der Waals surface area contributed by atoms with Crippen LogP contribution in [-0.2, 0) is 22.7 Å². The van der Waals surface area contributed by atoms with Crippen molar-refractivity contribution in [1.29, 1.82) is 0 Å². The average Bonchev–Trinajstić information content (AvgIpc) is 3.03. The predicted molar refractivity (Wildman–Crippen MR) is 154 cm³/mol. The van der Waals surface area contributed by atoms with E-state index in [0.717, 1.165) is 28.1 Å². The van der Waals surface area contributed by atoms with Gasteiger partial charge in [-0.3, -0.25) is 9.59 Å². The van der Waals surface area contributed by atoms with Crippen LogP contribution < -0.4 is 15.1 Å². The molecule has 0 radical (unpaired) electrons. The number of nitrogens with zero attached hydrogens (tertiary/aromatic N) is 2. The summed E-state index contributed by atoms with van der Waals surface area (Å²) in [5.41, 5.74) is 5.47. The molecule has 192 valence electrons. The van der Waals surface area contributed by atoms with Gasteiger partial charge < -0.3 is 15.1 Å². The molecule has 0 aromatic heterocycles. The molecule has 4 aromatic rings. The van der Waals surface area contributed by atoms with Crippen molar-refractivity contribution >= 4 is 40.5 Å². The molecule has 0 aliphatic carbocycles. The minimum Gasteiger partial charge on any atom is -0.365 e. The first-order valence-corrected chi connectivity index (χ1v) is 13.2. The molecule has 1 N–H and O–H groups in total. The number of rotatable bonds is 7. The zero-order valence-corrected chi connectivity index (χ0v) is 22.1. The topological polar surface area (TPSA) is 52.7 Å². The zero-order chi connectivity index (χ0) is 26.5. The fourth-order valence-electron chi connectivity index (χ4n) is 4.94. The zero-order valence-electron chi connectivity index (χ0n) is 21.3. The van der Waals surface area contributed by atoms with Crippen LogP contribution in [0, 0.1) is 12.8 Å². The molecular weight excluding hydrogens is 494 g/mol. The van der Waals surface area contributed by atoms with Crippen molar-refractivity contribution in [3.05, 3.63) is 125 Å². The minimum atomic E-state index is -0.533. The average molecular weight is 524 g/mol. The van der Waals surface area contributed by atoms with Gasteiger partial charge in [0.15, 0.2) is 0 Å². The molecule has 5 nitrogen and oxygen atoms in total. The summed E-state index contributed by atoms with van der Waals surface area (Å²) in [6, 6.07) is 33.6.